The fraction of sp³-hybridized carbons (Fsp3) is 0.444. The van der Waals surface area contributed by atoms with Gasteiger partial charge in [-0.05, 0) is 132 Å². The molecular formula is C36H44N4O10. The molecule has 0 heterocycles. The Morgan fingerprint density at radius 1 is 0.440 bits per heavy atom. The van der Waals surface area contributed by atoms with Gasteiger partial charge in [0, 0.05) is 11.1 Å². The minimum atomic E-state index is -1.13. The predicted octanol–water partition coefficient (Wildman–Crippen LogP) is 7.74. The van der Waals surface area contributed by atoms with Gasteiger partial charge in [-0.25, -0.2) is 19.2 Å². The second-order valence-corrected chi connectivity index (χ2v) is 14.6. The number of ether oxygens (including phenoxy) is 4. The summed E-state index contributed by atoms with van der Waals surface area (Å²) in [5, 5.41) is 17.6. The lowest BCUT2D eigenvalue weighted by molar-refractivity contribution is 0.00106. The number of hydrogen-bond acceptors (Lipinski definition) is 12. The Morgan fingerprint density at radius 2 is 0.640 bits per heavy atom. The van der Waals surface area contributed by atoms with Crippen LogP contribution in [0.3, 0.4) is 0 Å². The molecule has 14 nitrogen and oxygen atoms in total. The van der Waals surface area contributed by atoms with E-state index in [0.29, 0.717) is 20.9 Å². The maximum absolute atomic E-state index is 12.6. The van der Waals surface area contributed by atoms with Crippen LogP contribution in [0.25, 0.3) is 0 Å². The van der Waals surface area contributed by atoms with E-state index in [-0.39, 0.29) is 11.1 Å². The molecule has 0 aromatic heterocycles. The maximum atomic E-state index is 12.6. The first kappa shape index (κ1) is 42.3. The largest absolute Gasteiger partial charge is 0.443 e. The number of benzene rings is 2. The number of imide groups is 6. The summed E-state index contributed by atoms with van der Waals surface area (Å²) < 4.78 is 20.5. The van der Waals surface area contributed by atoms with Crippen molar-refractivity contribution in [3.8, 4) is 12.1 Å². The van der Waals surface area contributed by atoms with Gasteiger partial charge in [-0.1, -0.05) is 0 Å². The lowest BCUT2D eigenvalue weighted by Crippen LogP contribution is -2.46. The highest BCUT2D eigenvalue weighted by atomic mass is 16.6. The molecule has 50 heavy (non-hydrogen) atoms. The average molecular weight is 693 g/mol. The number of hydrogen-bond donors (Lipinski definition) is 0. The average Bonchev–Trinajstić information content (AvgIpc) is 2.94. The molecular weight excluding hydrogens is 648 g/mol. The second-order valence-electron chi connectivity index (χ2n) is 14.6. The molecule has 2 aromatic carbocycles. The number of nitriles is 2. The first-order chi connectivity index (χ1) is 22.7. The number of amides is 6. The molecule has 0 aliphatic carbocycles. The molecule has 0 N–H and O–H groups in total. The van der Waals surface area contributed by atoms with E-state index in [1.165, 1.54) is 48.5 Å². The van der Waals surface area contributed by atoms with Crippen molar-refractivity contribution in [2.24, 2.45) is 0 Å². The van der Waals surface area contributed by atoms with E-state index in [0.717, 1.165) is 0 Å². The van der Waals surface area contributed by atoms with Crippen LogP contribution >= 0.6 is 0 Å². The van der Waals surface area contributed by atoms with Crippen LogP contribution in [-0.4, -0.2) is 68.4 Å². The third kappa shape index (κ3) is 14.6. The van der Waals surface area contributed by atoms with E-state index in [1.807, 2.05) is 12.1 Å². The van der Waals surface area contributed by atoms with E-state index >= 15 is 0 Å². The van der Waals surface area contributed by atoms with E-state index in [4.69, 9.17) is 29.5 Å². The van der Waals surface area contributed by atoms with Crippen LogP contribution in [0, 0.1) is 22.7 Å². The number of carbonyl (C=O) groups excluding carboxylic acids is 6. The highest BCUT2D eigenvalue weighted by Crippen LogP contribution is 2.19. The first-order valence-corrected chi connectivity index (χ1v) is 15.3. The molecule has 0 bridgehead atoms. The zero-order valence-corrected chi connectivity index (χ0v) is 30.5. The van der Waals surface area contributed by atoms with Crippen LogP contribution in [0.4, 0.5) is 19.2 Å². The Bertz CT molecular complexity index is 1480. The van der Waals surface area contributed by atoms with Gasteiger partial charge in [0.2, 0.25) is 0 Å². The SMILES string of the molecule is CC(C)(C)OC(=O)N(C(=O)OC(C)(C)C)C(=O)c1ccc(C#N)cc1.CC(C)(C)OC(=O)N(C(=O)OC(C)(C)C)C(=O)c1ccc(C#N)cc1. The van der Waals surface area contributed by atoms with E-state index in [9.17, 15) is 28.8 Å². The van der Waals surface area contributed by atoms with E-state index < -0.39 is 58.6 Å². The van der Waals surface area contributed by atoms with Crippen molar-refractivity contribution in [1.29, 1.82) is 10.5 Å². The van der Waals surface area contributed by atoms with Crippen molar-refractivity contribution < 1.29 is 47.7 Å². The van der Waals surface area contributed by atoms with Gasteiger partial charge in [0.05, 0.1) is 23.3 Å². The van der Waals surface area contributed by atoms with Gasteiger partial charge in [0.25, 0.3) is 11.8 Å². The zero-order valence-electron chi connectivity index (χ0n) is 30.5. The fourth-order valence-corrected chi connectivity index (χ4v) is 3.34. The molecule has 0 saturated carbocycles. The molecule has 268 valence electrons. The molecule has 0 radical (unpaired) electrons. The summed E-state index contributed by atoms with van der Waals surface area (Å²) in [7, 11) is 0. The topological polar surface area (TPSA) is 193 Å². The minimum absolute atomic E-state index is 0.0516. The second kappa shape index (κ2) is 16.6. The normalized spacial score (nSPS) is 11.2. The van der Waals surface area contributed by atoms with Crippen molar-refractivity contribution >= 4 is 36.2 Å². The smallest absolute Gasteiger partial charge is 0.427 e. The molecule has 0 aliphatic heterocycles. The van der Waals surface area contributed by atoms with Gasteiger partial charge in [-0.2, -0.15) is 10.5 Å². The van der Waals surface area contributed by atoms with Crippen LogP contribution in [0.15, 0.2) is 48.5 Å². The monoisotopic (exact) mass is 692 g/mol. The number of nitrogens with zero attached hydrogens (tertiary/aromatic N) is 4. The van der Waals surface area contributed by atoms with Gasteiger partial charge < -0.3 is 18.9 Å². The number of carbonyl (C=O) groups is 6. The summed E-state index contributed by atoms with van der Waals surface area (Å²) in [4.78, 5) is 75.3. The molecule has 14 heteroatoms. The molecule has 0 atom stereocenters. The third-order valence-corrected chi connectivity index (χ3v) is 5.23. The number of rotatable bonds is 2. The van der Waals surface area contributed by atoms with Crippen LogP contribution in [0.2, 0.25) is 0 Å². The predicted molar refractivity (Wildman–Crippen MR) is 180 cm³/mol. The van der Waals surface area contributed by atoms with Gasteiger partial charge in [0.15, 0.2) is 0 Å². The molecule has 2 rings (SSSR count). The van der Waals surface area contributed by atoms with Crippen molar-refractivity contribution in [3.05, 3.63) is 70.8 Å². The van der Waals surface area contributed by atoms with Crippen LogP contribution in [0.5, 0.6) is 0 Å². The Labute approximate surface area is 292 Å². The van der Waals surface area contributed by atoms with Crippen molar-refractivity contribution in [2.45, 2.75) is 105 Å². The minimum Gasteiger partial charge on any atom is -0.443 e. The summed E-state index contributed by atoms with van der Waals surface area (Å²) in [5.41, 5.74) is -2.81. The lowest BCUT2D eigenvalue weighted by atomic mass is 10.1. The summed E-state index contributed by atoms with van der Waals surface area (Å²) in [5.74, 6) is -1.79. The maximum Gasteiger partial charge on any atom is 0.427 e. The molecule has 0 spiro atoms. The van der Waals surface area contributed by atoms with Crippen LogP contribution < -0.4 is 0 Å². The summed E-state index contributed by atoms with van der Waals surface area (Å²) >= 11 is 0. The third-order valence-electron chi connectivity index (χ3n) is 5.23. The zero-order chi connectivity index (χ0) is 38.8. The summed E-state index contributed by atoms with van der Waals surface area (Å²) in [6.07, 6.45) is -4.51. The standard InChI is InChI=1S/2C18H22N2O5/c2*1-17(2,3)24-15(22)20(16(23)25-18(4,5)6)14(21)13-9-7-12(11-19)8-10-13/h2*7-10H,1-6H3. The van der Waals surface area contributed by atoms with Crippen LogP contribution in [0.1, 0.15) is 115 Å². The fourth-order valence-electron chi connectivity index (χ4n) is 3.34. The van der Waals surface area contributed by atoms with E-state index in [2.05, 4.69) is 0 Å². The highest BCUT2D eigenvalue weighted by molar-refractivity contribution is 6.14. The Hall–Kier alpha value is -5.76. The molecule has 0 saturated heterocycles. The van der Waals surface area contributed by atoms with Gasteiger partial charge in [-0.15, -0.1) is 9.80 Å². The quantitative estimate of drug-likeness (QED) is 0.278. The Kier molecular flexibility index (Phi) is 14.0. The van der Waals surface area contributed by atoms with Gasteiger partial charge in [-0.3, -0.25) is 9.59 Å². The molecule has 2 aromatic rings. The highest BCUT2D eigenvalue weighted by Gasteiger charge is 2.38. The van der Waals surface area contributed by atoms with Crippen molar-refractivity contribution in [2.75, 3.05) is 0 Å². The van der Waals surface area contributed by atoms with E-state index in [1.54, 1.807) is 83.1 Å². The van der Waals surface area contributed by atoms with Crippen molar-refractivity contribution in [3.63, 3.8) is 0 Å². The van der Waals surface area contributed by atoms with Gasteiger partial charge >= 0.3 is 24.4 Å². The van der Waals surface area contributed by atoms with Crippen molar-refractivity contribution in [1.82, 2.24) is 9.80 Å². The molecule has 0 aliphatic rings. The molecule has 0 fully saturated rings. The van der Waals surface area contributed by atoms with Gasteiger partial charge in [0.1, 0.15) is 22.4 Å². The Morgan fingerprint density at radius 3 is 0.800 bits per heavy atom. The van der Waals surface area contributed by atoms with Crippen LogP contribution in [-0.2, 0) is 18.9 Å². The Balaban J connectivity index is 0.000000500. The summed E-state index contributed by atoms with van der Waals surface area (Å²) in [6.45, 7) is 19.4. The first-order valence-electron chi connectivity index (χ1n) is 15.3. The molecule has 0 unspecified atom stereocenters. The lowest BCUT2D eigenvalue weighted by Gasteiger charge is -2.27. The molecule has 6 amide bonds. The summed E-state index contributed by atoms with van der Waals surface area (Å²) in [6, 6.07) is 14.9.